The Balaban J connectivity index is 2.17. The van der Waals surface area contributed by atoms with Gasteiger partial charge < -0.3 is 0 Å². The molecular formula is C13H19BrN2O. The van der Waals surface area contributed by atoms with Crippen LogP contribution in [-0.2, 0) is 24.7 Å². The molecule has 1 aliphatic rings. The molecule has 17 heavy (non-hydrogen) atoms. The molecule has 0 radical (unpaired) electrons. The van der Waals surface area contributed by atoms with E-state index in [1.54, 1.807) is 0 Å². The summed E-state index contributed by atoms with van der Waals surface area (Å²) in [6.07, 6.45) is 5.82. The van der Waals surface area contributed by atoms with E-state index in [0.29, 0.717) is 5.78 Å². The van der Waals surface area contributed by atoms with Crippen molar-refractivity contribution < 1.29 is 4.79 Å². The van der Waals surface area contributed by atoms with Gasteiger partial charge in [-0.1, -0.05) is 13.3 Å². The molecule has 0 spiro atoms. The molecule has 0 aliphatic heterocycles. The average molecular weight is 299 g/mol. The highest BCUT2D eigenvalue weighted by Crippen LogP contribution is 2.29. The second-order valence-electron chi connectivity index (χ2n) is 4.80. The third-order valence-corrected chi connectivity index (χ3v) is 4.54. The Morgan fingerprint density at radius 2 is 2.24 bits per heavy atom. The summed E-state index contributed by atoms with van der Waals surface area (Å²) >= 11 is 3.61. The van der Waals surface area contributed by atoms with Crippen LogP contribution < -0.4 is 0 Å². The van der Waals surface area contributed by atoms with Gasteiger partial charge in [0.2, 0.25) is 0 Å². The van der Waals surface area contributed by atoms with Crippen LogP contribution >= 0.6 is 15.9 Å². The maximum Gasteiger partial charge on any atom is 0.136 e. The third-order valence-electron chi connectivity index (χ3n) is 3.62. The molecule has 0 bridgehead atoms. The van der Waals surface area contributed by atoms with Crippen LogP contribution in [-0.4, -0.2) is 15.6 Å². The average Bonchev–Trinajstić information content (AvgIpc) is 2.59. The lowest BCUT2D eigenvalue weighted by atomic mass is 9.85. The highest BCUT2D eigenvalue weighted by molar-refractivity contribution is 9.10. The first-order valence-corrected chi connectivity index (χ1v) is 7.15. The maximum atomic E-state index is 11.9. The van der Waals surface area contributed by atoms with Crippen molar-refractivity contribution in [3.05, 3.63) is 15.9 Å². The van der Waals surface area contributed by atoms with Crippen molar-refractivity contribution in [1.29, 1.82) is 0 Å². The fraction of sp³-hybridized carbons (Fsp3) is 0.692. The first-order chi connectivity index (χ1) is 8.13. The van der Waals surface area contributed by atoms with E-state index in [0.717, 1.165) is 42.3 Å². The van der Waals surface area contributed by atoms with Crippen LogP contribution in [0.15, 0.2) is 4.47 Å². The van der Waals surface area contributed by atoms with Gasteiger partial charge >= 0.3 is 0 Å². The maximum absolute atomic E-state index is 11.9. The van der Waals surface area contributed by atoms with Gasteiger partial charge in [-0.2, -0.15) is 5.10 Å². The summed E-state index contributed by atoms with van der Waals surface area (Å²) < 4.78 is 3.02. The normalized spacial score (nSPS) is 20.9. The van der Waals surface area contributed by atoms with Gasteiger partial charge in [-0.05, 0) is 35.2 Å². The van der Waals surface area contributed by atoms with Gasteiger partial charge in [-0.15, -0.1) is 0 Å². The van der Waals surface area contributed by atoms with E-state index in [4.69, 9.17) is 0 Å². The summed E-state index contributed by atoms with van der Waals surface area (Å²) in [5.74, 6) is 0.641. The fourth-order valence-corrected chi connectivity index (χ4v) is 3.32. The fourth-order valence-electron chi connectivity index (χ4n) is 2.55. The number of halogens is 1. The number of carbonyl (C=O) groups is 1. The number of ketones is 1. The van der Waals surface area contributed by atoms with Gasteiger partial charge in [0.1, 0.15) is 5.78 Å². The summed E-state index contributed by atoms with van der Waals surface area (Å²) in [4.78, 5) is 11.9. The van der Waals surface area contributed by atoms with Gasteiger partial charge in [0.05, 0.1) is 15.9 Å². The van der Waals surface area contributed by atoms with E-state index in [-0.39, 0.29) is 5.92 Å². The molecule has 1 aliphatic carbocycles. The van der Waals surface area contributed by atoms with E-state index in [1.165, 1.54) is 12.1 Å². The van der Waals surface area contributed by atoms with Crippen molar-refractivity contribution in [2.24, 2.45) is 13.0 Å². The lowest BCUT2D eigenvalue weighted by Gasteiger charge is -2.20. The Labute approximate surface area is 111 Å². The molecule has 2 rings (SSSR count). The van der Waals surface area contributed by atoms with E-state index in [2.05, 4.69) is 28.0 Å². The van der Waals surface area contributed by atoms with Crippen molar-refractivity contribution in [1.82, 2.24) is 9.78 Å². The molecular weight excluding hydrogens is 280 g/mol. The topological polar surface area (TPSA) is 34.9 Å². The number of hydrogen-bond donors (Lipinski definition) is 0. The minimum atomic E-state index is 0.208. The van der Waals surface area contributed by atoms with Crippen molar-refractivity contribution in [2.75, 3.05) is 0 Å². The highest BCUT2D eigenvalue weighted by atomic mass is 79.9. The van der Waals surface area contributed by atoms with E-state index >= 15 is 0 Å². The molecule has 0 saturated heterocycles. The Bertz CT molecular complexity index is 425. The van der Waals surface area contributed by atoms with Crippen LogP contribution in [0.3, 0.4) is 0 Å². The number of nitrogens with zero attached hydrogens (tertiary/aromatic N) is 2. The molecule has 3 nitrogen and oxygen atoms in total. The largest absolute Gasteiger partial charge is 0.299 e. The van der Waals surface area contributed by atoms with Crippen molar-refractivity contribution in [3.8, 4) is 0 Å². The molecule has 0 aromatic carbocycles. The molecule has 0 N–H and O–H groups in total. The first-order valence-electron chi connectivity index (χ1n) is 6.36. The Hall–Kier alpha value is -0.640. The minimum Gasteiger partial charge on any atom is -0.299 e. The molecule has 1 heterocycles. The van der Waals surface area contributed by atoms with Gasteiger partial charge in [0.25, 0.3) is 0 Å². The number of carbonyl (C=O) groups excluding carboxylic acids is 1. The number of Topliss-reactive ketones (excluding diaryl/α,β-unsaturated/α-hetero) is 1. The quantitative estimate of drug-likeness (QED) is 0.860. The zero-order valence-electron chi connectivity index (χ0n) is 10.5. The predicted octanol–water partition coefficient (Wildman–Crippen LogP) is 3.05. The first kappa shape index (κ1) is 12.8. The number of aryl methyl sites for hydroxylation is 2. The Kier molecular flexibility index (Phi) is 4.02. The smallest absolute Gasteiger partial charge is 0.136 e. The summed E-state index contributed by atoms with van der Waals surface area (Å²) in [6.45, 7) is 2.10. The SMILES string of the molecule is CCc1nn(C)c(CC2CCCCC2=O)c1Br. The molecule has 0 amide bonds. The molecule has 4 heteroatoms. The highest BCUT2D eigenvalue weighted by Gasteiger charge is 2.25. The molecule has 94 valence electrons. The molecule has 1 atom stereocenters. The summed E-state index contributed by atoms with van der Waals surface area (Å²) in [6, 6.07) is 0. The Morgan fingerprint density at radius 3 is 2.82 bits per heavy atom. The zero-order valence-corrected chi connectivity index (χ0v) is 12.1. The monoisotopic (exact) mass is 298 g/mol. The second kappa shape index (κ2) is 5.34. The second-order valence-corrected chi connectivity index (χ2v) is 5.59. The third kappa shape index (κ3) is 2.62. The van der Waals surface area contributed by atoms with Crippen LogP contribution in [0.2, 0.25) is 0 Å². The van der Waals surface area contributed by atoms with E-state index < -0.39 is 0 Å². The summed E-state index contributed by atoms with van der Waals surface area (Å²) in [5.41, 5.74) is 2.26. The van der Waals surface area contributed by atoms with E-state index in [1.807, 2.05) is 11.7 Å². The van der Waals surface area contributed by atoms with Crippen molar-refractivity contribution in [3.63, 3.8) is 0 Å². The van der Waals surface area contributed by atoms with Gasteiger partial charge in [-0.3, -0.25) is 9.48 Å². The molecule has 1 aromatic heterocycles. The molecule has 1 fully saturated rings. The van der Waals surface area contributed by atoms with Crippen molar-refractivity contribution in [2.45, 2.75) is 45.4 Å². The number of aromatic nitrogens is 2. The molecule has 1 unspecified atom stereocenters. The predicted molar refractivity (Wildman–Crippen MR) is 71.0 cm³/mol. The number of hydrogen-bond acceptors (Lipinski definition) is 2. The van der Waals surface area contributed by atoms with Gasteiger partial charge in [-0.25, -0.2) is 0 Å². The number of rotatable bonds is 3. The molecule has 1 aromatic rings. The standard InChI is InChI=1S/C13H19BrN2O/c1-3-10-13(14)11(16(2)15-10)8-9-6-4-5-7-12(9)17/h9H,3-8H2,1-2H3. The van der Waals surface area contributed by atoms with Gasteiger partial charge in [0.15, 0.2) is 0 Å². The van der Waals surface area contributed by atoms with Crippen LogP contribution in [0.5, 0.6) is 0 Å². The van der Waals surface area contributed by atoms with Crippen LogP contribution in [0, 0.1) is 5.92 Å². The summed E-state index contributed by atoms with van der Waals surface area (Å²) in [7, 11) is 1.96. The van der Waals surface area contributed by atoms with Crippen molar-refractivity contribution >= 4 is 21.7 Å². The zero-order chi connectivity index (χ0) is 12.4. The van der Waals surface area contributed by atoms with Crippen LogP contribution in [0.4, 0.5) is 0 Å². The van der Waals surface area contributed by atoms with E-state index in [9.17, 15) is 4.79 Å². The molecule has 1 saturated carbocycles. The Morgan fingerprint density at radius 1 is 1.47 bits per heavy atom. The lowest BCUT2D eigenvalue weighted by Crippen LogP contribution is -2.22. The minimum absolute atomic E-state index is 0.208. The summed E-state index contributed by atoms with van der Waals surface area (Å²) in [5, 5.41) is 4.48. The van der Waals surface area contributed by atoms with Crippen LogP contribution in [0.1, 0.15) is 44.0 Å². The van der Waals surface area contributed by atoms with Crippen LogP contribution in [0.25, 0.3) is 0 Å². The lowest BCUT2D eigenvalue weighted by molar-refractivity contribution is -0.124. The van der Waals surface area contributed by atoms with Gasteiger partial charge in [0, 0.05) is 25.8 Å².